The summed E-state index contributed by atoms with van der Waals surface area (Å²) in [7, 11) is 0. The Morgan fingerprint density at radius 1 is 1.24 bits per heavy atom. The number of hydrogen-bond acceptors (Lipinski definition) is 3. The maximum atomic E-state index is 12.4. The van der Waals surface area contributed by atoms with Gasteiger partial charge in [-0.15, -0.1) is 0 Å². The molecule has 110 valence electrons. The average Bonchev–Trinajstić information content (AvgIpc) is 2.90. The van der Waals surface area contributed by atoms with Gasteiger partial charge in [-0.1, -0.05) is 19.3 Å². The number of ketones is 1. The van der Waals surface area contributed by atoms with Crippen LogP contribution < -0.4 is 0 Å². The van der Waals surface area contributed by atoms with E-state index < -0.39 is 4.92 Å². The third-order valence-electron chi connectivity index (χ3n) is 4.36. The lowest BCUT2D eigenvalue weighted by Crippen LogP contribution is -2.22. The second-order valence-electron chi connectivity index (χ2n) is 5.75. The normalized spacial score (nSPS) is 16.2. The van der Waals surface area contributed by atoms with Gasteiger partial charge in [-0.25, -0.2) is 0 Å². The molecule has 1 aromatic carbocycles. The highest BCUT2D eigenvalue weighted by Gasteiger charge is 2.21. The summed E-state index contributed by atoms with van der Waals surface area (Å²) < 4.78 is 1.83. The summed E-state index contributed by atoms with van der Waals surface area (Å²) >= 11 is 0. The number of benzene rings is 1. The van der Waals surface area contributed by atoms with Crippen LogP contribution in [0.3, 0.4) is 0 Å². The van der Waals surface area contributed by atoms with Crippen LogP contribution in [0.5, 0.6) is 0 Å². The molecule has 1 aromatic heterocycles. The molecule has 1 saturated carbocycles. The molecule has 0 amide bonds. The molecule has 0 saturated heterocycles. The van der Waals surface area contributed by atoms with Crippen LogP contribution in [0.2, 0.25) is 0 Å². The van der Waals surface area contributed by atoms with Gasteiger partial charge in [-0.2, -0.15) is 0 Å². The summed E-state index contributed by atoms with van der Waals surface area (Å²) in [5.41, 5.74) is 0.820. The molecule has 0 atom stereocenters. The fourth-order valence-electron chi connectivity index (χ4n) is 3.15. The first-order valence-corrected chi connectivity index (χ1v) is 7.41. The lowest BCUT2D eigenvalue weighted by Gasteiger charge is -2.20. The van der Waals surface area contributed by atoms with E-state index >= 15 is 0 Å². The predicted octanol–water partition coefficient (Wildman–Crippen LogP) is 3.70. The molecule has 0 aliphatic heterocycles. The first-order chi connectivity index (χ1) is 10.1. The molecule has 1 aliphatic rings. The quantitative estimate of drug-likeness (QED) is 0.636. The molecular formula is C16H18N2O3. The van der Waals surface area contributed by atoms with Gasteiger partial charge in [0, 0.05) is 29.6 Å². The Labute approximate surface area is 122 Å². The molecule has 21 heavy (non-hydrogen) atoms. The summed E-state index contributed by atoms with van der Waals surface area (Å²) in [4.78, 5) is 22.8. The maximum Gasteiger partial charge on any atom is 0.271 e. The molecule has 1 heterocycles. The maximum absolute atomic E-state index is 12.4. The Kier molecular flexibility index (Phi) is 3.73. The van der Waals surface area contributed by atoms with Gasteiger partial charge in [-0.05, 0) is 25.0 Å². The second kappa shape index (κ2) is 5.68. The fourth-order valence-corrected chi connectivity index (χ4v) is 3.15. The average molecular weight is 286 g/mol. The van der Waals surface area contributed by atoms with E-state index in [9.17, 15) is 14.9 Å². The molecule has 5 nitrogen and oxygen atoms in total. The number of aromatic nitrogens is 1. The van der Waals surface area contributed by atoms with Gasteiger partial charge in [0.1, 0.15) is 0 Å². The lowest BCUT2D eigenvalue weighted by molar-refractivity contribution is -0.384. The van der Waals surface area contributed by atoms with E-state index in [0.29, 0.717) is 6.54 Å². The Balaban J connectivity index is 1.84. The van der Waals surface area contributed by atoms with Crippen molar-refractivity contribution >= 4 is 22.4 Å². The minimum Gasteiger partial charge on any atom is -0.340 e. The van der Waals surface area contributed by atoms with Crippen LogP contribution in [0.1, 0.15) is 32.1 Å². The molecule has 0 N–H and O–H groups in total. The van der Waals surface area contributed by atoms with Gasteiger partial charge < -0.3 is 4.57 Å². The van der Waals surface area contributed by atoms with E-state index in [1.54, 1.807) is 12.1 Å². The van der Waals surface area contributed by atoms with E-state index in [1.165, 1.54) is 12.5 Å². The van der Waals surface area contributed by atoms with E-state index in [2.05, 4.69) is 0 Å². The van der Waals surface area contributed by atoms with Crippen molar-refractivity contribution in [1.29, 1.82) is 0 Å². The number of nitro groups is 1. The molecule has 0 radical (unpaired) electrons. The van der Waals surface area contributed by atoms with Crippen molar-refractivity contribution < 1.29 is 9.72 Å². The molecule has 5 heteroatoms. The van der Waals surface area contributed by atoms with Crippen LogP contribution in [0.25, 0.3) is 10.9 Å². The third kappa shape index (κ3) is 2.82. The summed E-state index contributed by atoms with van der Waals surface area (Å²) in [6, 6.07) is 6.67. The Bertz CT molecular complexity index is 684. The van der Waals surface area contributed by atoms with Gasteiger partial charge in [-0.3, -0.25) is 14.9 Å². The van der Waals surface area contributed by atoms with Crippen molar-refractivity contribution in [3.05, 3.63) is 40.6 Å². The fraction of sp³-hybridized carbons (Fsp3) is 0.438. The number of fused-ring (bicyclic) bond motifs is 1. The number of carbonyl (C=O) groups is 1. The molecule has 0 bridgehead atoms. The van der Waals surface area contributed by atoms with Crippen LogP contribution in [-0.4, -0.2) is 15.3 Å². The Morgan fingerprint density at radius 2 is 2.00 bits per heavy atom. The summed E-state index contributed by atoms with van der Waals surface area (Å²) in [6.07, 6.45) is 7.30. The highest BCUT2D eigenvalue weighted by molar-refractivity contribution is 5.86. The number of carbonyl (C=O) groups excluding carboxylic acids is 1. The van der Waals surface area contributed by atoms with Gasteiger partial charge in [0.15, 0.2) is 5.78 Å². The number of hydrogen-bond donors (Lipinski definition) is 0. The monoisotopic (exact) mass is 286 g/mol. The van der Waals surface area contributed by atoms with Gasteiger partial charge in [0.25, 0.3) is 5.69 Å². The van der Waals surface area contributed by atoms with Crippen molar-refractivity contribution in [2.75, 3.05) is 0 Å². The van der Waals surface area contributed by atoms with Crippen molar-refractivity contribution in [2.24, 2.45) is 5.92 Å². The Hall–Kier alpha value is -2.17. The number of non-ortho nitro benzene ring substituents is 1. The van der Waals surface area contributed by atoms with E-state index in [1.807, 2.05) is 16.8 Å². The smallest absolute Gasteiger partial charge is 0.271 e. The number of Topliss-reactive ketones (excluding diaryl/α,β-unsaturated/α-hetero) is 1. The predicted molar refractivity (Wildman–Crippen MR) is 80.2 cm³/mol. The second-order valence-corrected chi connectivity index (χ2v) is 5.75. The van der Waals surface area contributed by atoms with Crippen molar-refractivity contribution in [3.8, 4) is 0 Å². The molecule has 3 rings (SSSR count). The largest absolute Gasteiger partial charge is 0.340 e. The van der Waals surface area contributed by atoms with E-state index in [0.717, 1.165) is 36.6 Å². The molecule has 0 spiro atoms. The number of rotatable bonds is 4. The zero-order chi connectivity index (χ0) is 14.8. The minimum absolute atomic E-state index is 0.0626. The summed E-state index contributed by atoms with van der Waals surface area (Å²) in [5.74, 6) is 0.411. The lowest BCUT2D eigenvalue weighted by atomic mass is 9.86. The van der Waals surface area contributed by atoms with E-state index in [-0.39, 0.29) is 17.4 Å². The minimum atomic E-state index is -0.403. The van der Waals surface area contributed by atoms with Crippen LogP contribution in [0.15, 0.2) is 30.5 Å². The third-order valence-corrected chi connectivity index (χ3v) is 4.36. The first-order valence-electron chi connectivity index (χ1n) is 7.41. The summed E-state index contributed by atoms with van der Waals surface area (Å²) in [6.45, 7) is 0.315. The van der Waals surface area contributed by atoms with Crippen molar-refractivity contribution in [3.63, 3.8) is 0 Å². The molecule has 1 aliphatic carbocycles. The number of nitro benzene ring substituents is 1. The molecular weight excluding hydrogens is 268 g/mol. The number of nitrogens with zero attached hydrogens (tertiary/aromatic N) is 2. The first kappa shape index (κ1) is 13.8. The molecule has 1 fully saturated rings. The van der Waals surface area contributed by atoms with Crippen molar-refractivity contribution in [2.45, 2.75) is 38.6 Å². The van der Waals surface area contributed by atoms with Gasteiger partial charge in [0.05, 0.1) is 17.0 Å². The highest BCUT2D eigenvalue weighted by Crippen LogP contribution is 2.26. The highest BCUT2D eigenvalue weighted by atomic mass is 16.6. The van der Waals surface area contributed by atoms with E-state index in [4.69, 9.17) is 0 Å². The van der Waals surface area contributed by atoms with Crippen molar-refractivity contribution in [1.82, 2.24) is 4.57 Å². The zero-order valence-corrected chi connectivity index (χ0v) is 11.8. The Morgan fingerprint density at radius 3 is 2.71 bits per heavy atom. The van der Waals surface area contributed by atoms with Crippen LogP contribution in [0, 0.1) is 16.0 Å². The van der Waals surface area contributed by atoms with Crippen LogP contribution in [-0.2, 0) is 11.3 Å². The molecule has 0 unspecified atom stereocenters. The SMILES string of the molecule is O=C(Cn1ccc2ccc([N+](=O)[O-])cc21)C1CCCCC1. The van der Waals surface area contributed by atoms with Gasteiger partial charge >= 0.3 is 0 Å². The van der Waals surface area contributed by atoms with Gasteiger partial charge in [0.2, 0.25) is 0 Å². The van der Waals surface area contributed by atoms with Crippen LogP contribution >= 0.6 is 0 Å². The summed E-state index contributed by atoms with van der Waals surface area (Å²) in [5, 5.41) is 11.8. The standard InChI is InChI=1S/C16H18N2O3/c19-16(13-4-2-1-3-5-13)11-17-9-8-12-6-7-14(18(20)21)10-15(12)17/h6-10,13H,1-5,11H2. The molecule has 2 aromatic rings. The topological polar surface area (TPSA) is 65.1 Å². The zero-order valence-electron chi connectivity index (χ0n) is 11.8. The van der Waals surface area contributed by atoms with Crippen LogP contribution in [0.4, 0.5) is 5.69 Å².